The molecule has 2 aromatic heterocycles. The van der Waals surface area contributed by atoms with Crippen LogP contribution in [0.2, 0.25) is 0 Å². The molecule has 1 saturated heterocycles. The molecule has 0 saturated carbocycles. The standard InChI is InChI=1S/C20H20N4O2/c25-20(26)14-15-13-18(16-5-1-2-6-17(16)22-15)23-9-11-24(12-10-23)19-7-3-4-8-21-19/h1-8,13H,9-12,14H2,(H,25,26). The predicted molar refractivity (Wildman–Crippen MR) is 102 cm³/mol. The molecule has 6 nitrogen and oxygen atoms in total. The number of para-hydroxylation sites is 1. The van der Waals surface area contributed by atoms with E-state index in [1.807, 2.05) is 54.7 Å². The third-order valence-electron chi connectivity index (χ3n) is 4.67. The Labute approximate surface area is 151 Å². The lowest BCUT2D eigenvalue weighted by molar-refractivity contribution is -0.136. The summed E-state index contributed by atoms with van der Waals surface area (Å²) in [4.78, 5) is 24.6. The molecule has 0 radical (unpaired) electrons. The molecule has 1 aromatic carbocycles. The molecule has 4 rings (SSSR count). The second-order valence-corrected chi connectivity index (χ2v) is 6.38. The topological polar surface area (TPSA) is 69.6 Å². The smallest absolute Gasteiger partial charge is 0.309 e. The van der Waals surface area contributed by atoms with Gasteiger partial charge in [-0.1, -0.05) is 24.3 Å². The van der Waals surface area contributed by atoms with E-state index >= 15 is 0 Å². The molecule has 26 heavy (non-hydrogen) atoms. The zero-order valence-electron chi connectivity index (χ0n) is 14.4. The maximum absolute atomic E-state index is 11.1. The zero-order chi connectivity index (χ0) is 17.9. The van der Waals surface area contributed by atoms with Gasteiger partial charge in [0, 0.05) is 43.4 Å². The number of fused-ring (bicyclic) bond motifs is 1. The third kappa shape index (κ3) is 3.31. The fourth-order valence-corrected chi connectivity index (χ4v) is 3.43. The molecular formula is C20H20N4O2. The van der Waals surface area contributed by atoms with Crippen molar-refractivity contribution in [3.05, 3.63) is 60.4 Å². The number of piperazine rings is 1. The van der Waals surface area contributed by atoms with Crippen molar-refractivity contribution >= 4 is 28.4 Å². The number of carbonyl (C=O) groups is 1. The number of anilines is 2. The summed E-state index contributed by atoms with van der Waals surface area (Å²) in [6.45, 7) is 3.47. The fourth-order valence-electron chi connectivity index (χ4n) is 3.43. The highest BCUT2D eigenvalue weighted by atomic mass is 16.4. The van der Waals surface area contributed by atoms with Gasteiger partial charge in [0.1, 0.15) is 5.82 Å². The highest BCUT2D eigenvalue weighted by Gasteiger charge is 2.20. The Hall–Kier alpha value is -3.15. The normalized spacial score (nSPS) is 14.6. The van der Waals surface area contributed by atoms with Crippen LogP contribution in [0.3, 0.4) is 0 Å². The molecule has 6 heteroatoms. The summed E-state index contributed by atoms with van der Waals surface area (Å²) in [5, 5.41) is 10.2. The lowest BCUT2D eigenvalue weighted by atomic mass is 10.1. The first-order valence-corrected chi connectivity index (χ1v) is 8.72. The molecule has 0 spiro atoms. The van der Waals surface area contributed by atoms with Gasteiger partial charge in [-0.2, -0.15) is 0 Å². The highest BCUT2D eigenvalue weighted by molar-refractivity contribution is 5.92. The van der Waals surface area contributed by atoms with Crippen LogP contribution in [-0.2, 0) is 11.2 Å². The van der Waals surface area contributed by atoms with Gasteiger partial charge in [-0.25, -0.2) is 4.98 Å². The molecule has 0 amide bonds. The van der Waals surface area contributed by atoms with Crippen molar-refractivity contribution in [1.82, 2.24) is 9.97 Å². The summed E-state index contributed by atoms with van der Waals surface area (Å²) in [5.41, 5.74) is 2.50. The van der Waals surface area contributed by atoms with E-state index < -0.39 is 5.97 Å². The molecule has 0 unspecified atom stereocenters. The van der Waals surface area contributed by atoms with Gasteiger partial charge in [-0.05, 0) is 24.3 Å². The van der Waals surface area contributed by atoms with Crippen LogP contribution in [0.5, 0.6) is 0 Å². The van der Waals surface area contributed by atoms with Gasteiger partial charge in [-0.15, -0.1) is 0 Å². The van der Waals surface area contributed by atoms with Gasteiger partial charge in [0.2, 0.25) is 0 Å². The van der Waals surface area contributed by atoms with Crippen LogP contribution in [0.15, 0.2) is 54.7 Å². The van der Waals surface area contributed by atoms with Gasteiger partial charge in [0.15, 0.2) is 0 Å². The van der Waals surface area contributed by atoms with Crippen LogP contribution in [-0.4, -0.2) is 47.2 Å². The van der Waals surface area contributed by atoms with E-state index in [4.69, 9.17) is 5.11 Å². The summed E-state index contributed by atoms with van der Waals surface area (Å²) in [6, 6.07) is 15.8. The van der Waals surface area contributed by atoms with Gasteiger partial charge in [0.25, 0.3) is 0 Å². The average molecular weight is 348 g/mol. The molecule has 0 aliphatic carbocycles. The van der Waals surface area contributed by atoms with E-state index in [0.717, 1.165) is 48.6 Å². The molecular weight excluding hydrogens is 328 g/mol. The van der Waals surface area contributed by atoms with Crippen molar-refractivity contribution in [2.45, 2.75) is 6.42 Å². The van der Waals surface area contributed by atoms with Crippen molar-refractivity contribution in [3.63, 3.8) is 0 Å². The Balaban J connectivity index is 1.61. The summed E-state index contributed by atoms with van der Waals surface area (Å²) in [6.07, 6.45) is 1.75. The molecule has 0 bridgehead atoms. The number of hydrogen-bond acceptors (Lipinski definition) is 5. The first kappa shape index (κ1) is 16.3. The predicted octanol–water partition coefficient (Wildman–Crippen LogP) is 2.58. The van der Waals surface area contributed by atoms with Crippen LogP contribution in [0.1, 0.15) is 5.69 Å². The maximum atomic E-state index is 11.1. The monoisotopic (exact) mass is 348 g/mol. The van der Waals surface area contributed by atoms with E-state index in [1.54, 1.807) is 0 Å². The SMILES string of the molecule is O=C(O)Cc1cc(N2CCN(c3ccccn3)CC2)c2ccccc2n1. The first-order valence-electron chi connectivity index (χ1n) is 8.72. The highest BCUT2D eigenvalue weighted by Crippen LogP contribution is 2.28. The Morgan fingerprint density at radius 1 is 1.00 bits per heavy atom. The number of carboxylic acids is 1. The number of nitrogens with zero attached hydrogens (tertiary/aromatic N) is 4. The molecule has 3 heterocycles. The number of carboxylic acid groups (broad SMARTS) is 1. The Kier molecular flexibility index (Phi) is 4.39. The van der Waals surface area contributed by atoms with Gasteiger partial charge in [-0.3, -0.25) is 9.78 Å². The lowest BCUT2D eigenvalue weighted by Gasteiger charge is -2.37. The summed E-state index contributed by atoms with van der Waals surface area (Å²) in [5.74, 6) is 0.136. The van der Waals surface area contributed by atoms with Crippen molar-refractivity contribution < 1.29 is 9.90 Å². The zero-order valence-corrected chi connectivity index (χ0v) is 14.4. The fraction of sp³-hybridized carbons (Fsp3) is 0.250. The molecule has 0 atom stereocenters. The van der Waals surface area contributed by atoms with Crippen LogP contribution in [0.25, 0.3) is 10.9 Å². The molecule has 1 N–H and O–H groups in total. The van der Waals surface area contributed by atoms with Gasteiger partial charge in [0.05, 0.1) is 17.6 Å². The van der Waals surface area contributed by atoms with E-state index in [2.05, 4.69) is 19.8 Å². The number of rotatable bonds is 4. The van der Waals surface area contributed by atoms with E-state index in [9.17, 15) is 4.79 Å². The number of benzene rings is 1. The first-order chi connectivity index (χ1) is 12.7. The minimum atomic E-state index is -0.862. The Morgan fingerprint density at radius 2 is 1.73 bits per heavy atom. The summed E-state index contributed by atoms with van der Waals surface area (Å²) >= 11 is 0. The summed E-state index contributed by atoms with van der Waals surface area (Å²) < 4.78 is 0. The minimum absolute atomic E-state index is 0.0638. The number of aromatic nitrogens is 2. The van der Waals surface area contributed by atoms with Gasteiger partial charge < -0.3 is 14.9 Å². The number of hydrogen-bond donors (Lipinski definition) is 1. The third-order valence-corrected chi connectivity index (χ3v) is 4.67. The van der Waals surface area contributed by atoms with Crippen molar-refractivity contribution in [1.29, 1.82) is 0 Å². The van der Waals surface area contributed by atoms with Crippen LogP contribution in [0.4, 0.5) is 11.5 Å². The van der Waals surface area contributed by atoms with E-state index in [-0.39, 0.29) is 6.42 Å². The average Bonchev–Trinajstić information content (AvgIpc) is 2.68. The molecule has 132 valence electrons. The van der Waals surface area contributed by atoms with E-state index in [1.165, 1.54) is 0 Å². The second-order valence-electron chi connectivity index (χ2n) is 6.38. The largest absolute Gasteiger partial charge is 0.481 e. The molecule has 1 aliphatic heterocycles. The maximum Gasteiger partial charge on any atom is 0.309 e. The quantitative estimate of drug-likeness (QED) is 0.781. The van der Waals surface area contributed by atoms with E-state index in [0.29, 0.717) is 5.69 Å². The number of pyridine rings is 2. The number of aliphatic carboxylic acids is 1. The van der Waals surface area contributed by atoms with Crippen LogP contribution >= 0.6 is 0 Å². The second kappa shape index (κ2) is 7.00. The van der Waals surface area contributed by atoms with Gasteiger partial charge >= 0.3 is 5.97 Å². The summed E-state index contributed by atoms with van der Waals surface area (Å²) in [7, 11) is 0. The molecule has 1 fully saturated rings. The lowest BCUT2D eigenvalue weighted by Crippen LogP contribution is -2.47. The minimum Gasteiger partial charge on any atom is -0.481 e. The Bertz CT molecular complexity index is 922. The van der Waals surface area contributed by atoms with Crippen molar-refractivity contribution in [2.24, 2.45) is 0 Å². The molecule has 1 aliphatic rings. The Morgan fingerprint density at radius 3 is 2.46 bits per heavy atom. The van der Waals surface area contributed by atoms with Crippen LogP contribution < -0.4 is 9.80 Å². The van der Waals surface area contributed by atoms with Crippen molar-refractivity contribution in [3.8, 4) is 0 Å². The van der Waals surface area contributed by atoms with Crippen LogP contribution in [0, 0.1) is 0 Å². The van der Waals surface area contributed by atoms with Crippen molar-refractivity contribution in [2.75, 3.05) is 36.0 Å². The molecule has 3 aromatic rings.